The van der Waals surface area contributed by atoms with Crippen LogP contribution in [0.4, 0.5) is 0 Å². The second-order valence-corrected chi connectivity index (χ2v) is 7.44. The van der Waals surface area contributed by atoms with Gasteiger partial charge >= 0.3 is 0 Å². The summed E-state index contributed by atoms with van der Waals surface area (Å²) in [6, 6.07) is 12.7. The predicted octanol–water partition coefficient (Wildman–Crippen LogP) is 3.48. The average molecular weight is 354 g/mol. The molecule has 1 aliphatic heterocycles. The monoisotopic (exact) mass is 353 g/mol. The highest BCUT2D eigenvalue weighted by atomic mass is 16.5. The van der Waals surface area contributed by atoms with Gasteiger partial charge in [0, 0.05) is 32.0 Å². The summed E-state index contributed by atoms with van der Waals surface area (Å²) < 4.78 is 5.26. The average Bonchev–Trinajstić information content (AvgIpc) is 2.69. The quantitative estimate of drug-likeness (QED) is 0.726. The Hall–Kier alpha value is -1.91. The van der Waals surface area contributed by atoms with Gasteiger partial charge in [0.05, 0.1) is 7.11 Å². The molecule has 0 amide bonds. The largest absolute Gasteiger partial charge is 0.497 e. The Bertz CT molecular complexity index is 636. The fourth-order valence-corrected chi connectivity index (χ4v) is 3.67. The van der Waals surface area contributed by atoms with Crippen LogP contribution in [0.5, 0.6) is 5.75 Å². The van der Waals surface area contributed by atoms with Gasteiger partial charge in [-0.2, -0.15) is 0 Å². The Labute approximate surface area is 157 Å². The first-order valence-corrected chi connectivity index (χ1v) is 9.65. The number of nitrogens with zero attached hydrogens (tertiary/aromatic N) is 3. The Morgan fingerprint density at radius 3 is 2.54 bits per heavy atom. The second kappa shape index (κ2) is 9.70. The highest BCUT2D eigenvalue weighted by Gasteiger charge is 2.19. The van der Waals surface area contributed by atoms with Crippen LogP contribution in [0, 0.1) is 5.92 Å². The number of pyridine rings is 1. The summed E-state index contributed by atoms with van der Waals surface area (Å²) in [5, 5.41) is 0. The molecule has 0 N–H and O–H groups in total. The van der Waals surface area contributed by atoms with Crippen molar-refractivity contribution in [3.63, 3.8) is 0 Å². The summed E-state index contributed by atoms with van der Waals surface area (Å²) in [5.74, 6) is 1.73. The van der Waals surface area contributed by atoms with Crippen molar-refractivity contribution in [1.29, 1.82) is 0 Å². The Balaban J connectivity index is 1.59. The van der Waals surface area contributed by atoms with Gasteiger partial charge in [0.1, 0.15) is 5.75 Å². The normalized spacial score (nSPS) is 16.1. The van der Waals surface area contributed by atoms with Crippen molar-refractivity contribution in [2.45, 2.75) is 25.8 Å². The van der Waals surface area contributed by atoms with Gasteiger partial charge in [0.2, 0.25) is 0 Å². The highest BCUT2D eigenvalue weighted by molar-refractivity contribution is 5.27. The van der Waals surface area contributed by atoms with Crippen LogP contribution >= 0.6 is 0 Å². The molecule has 0 spiro atoms. The molecule has 0 bridgehead atoms. The van der Waals surface area contributed by atoms with Crippen LogP contribution in [0.3, 0.4) is 0 Å². The van der Waals surface area contributed by atoms with E-state index in [1.54, 1.807) is 7.11 Å². The smallest absolute Gasteiger partial charge is 0.118 e. The molecule has 26 heavy (non-hydrogen) atoms. The van der Waals surface area contributed by atoms with Crippen molar-refractivity contribution in [2.24, 2.45) is 5.92 Å². The van der Waals surface area contributed by atoms with Crippen molar-refractivity contribution in [1.82, 2.24) is 14.8 Å². The van der Waals surface area contributed by atoms with E-state index in [-0.39, 0.29) is 0 Å². The molecule has 4 heteroatoms. The number of hydrogen-bond donors (Lipinski definition) is 0. The summed E-state index contributed by atoms with van der Waals surface area (Å²) in [4.78, 5) is 9.34. The third-order valence-electron chi connectivity index (χ3n) is 5.36. The van der Waals surface area contributed by atoms with Gasteiger partial charge < -0.3 is 9.64 Å². The van der Waals surface area contributed by atoms with E-state index in [0.29, 0.717) is 0 Å². The third kappa shape index (κ3) is 5.82. The number of rotatable bonds is 8. The Morgan fingerprint density at radius 1 is 1.12 bits per heavy atom. The summed E-state index contributed by atoms with van der Waals surface area (Å²) in [7, 11) is 3.94. The van der Waals surface area contributed by atoms with Crippen molar-refractivity contribution >= 4 is 0 Å². The minimum absolute atomic E-state index is 0.804. The first kappa shape index (κ1) is 18.9. The van der Waals surface area contributed by atoms with Crippen molar-refractivity contribution in [2.75, 3.05) is 40.3 Å². The molecule has 1 aromatic heterocycles. The van der Waals surface area contributed by atoms with Gasteiger partial charge in [-0.25, -0.2) is 0 Å². The minimum Gasteiger partial charge on any atom is -0.497 e. The van der Waals surface area contributed by atoms with Gasteiger partial charge in [0.25, 0.3) is 0 Å². The number of piperidine rings is 1. The minimum atomic E-state index is 0.804. The van der Waals surface area contributed by atoms with Crippen LogP contribution in [-0.4, -0.2) is 55.1 Å². The number of hydrogen-bond acceptors (Lipinski definition) is 4. The number of aromatic nitrogens is 1. The van der Waals surface area contributed by atoms with Crippen molar-refractivity contribution < 1.29 is 4.74 Å². The molecule has 1 aromatic carbocycles. The van der Waals surface area contributed by atoms with Gasteiger partial charge in [0.15, 0.2) is 0 Å². The zero-order valence-electron chi connectivity index (χ0n) is 16.1. The maximum absolute atomic E-state index is 5.26. The van der Waals surface area contributed by atoms with E-state index in [0.717, 1.165) is 31.2 Å². The topological polar surface area (TPSA) is 28.6 Å². The fraction of sp³-hybridized carbons (Fsp3) is 0.500. The summed E-state index contributed by atoms with van der Waals surface area (Å²) in [5.41, 5.74) is 2.67. The first-order chi connectivity index (χ1) is 12.7. The molecule has 2 aromatic rings. The maximum atomic E-state index is 5.26. The maximum Gasteiger partial charge on any atom is 0.118 e. The number of benzene rings is 1. The molecule has 0 unspecified atom stereocenters. The van der Waals surface area contributed by atoms with Crippen LogP contribution in [0.15, 0.2) is 48.8 Å². The summed E-state index contributed by atoms with van der Waals surface area (Å²) in [6.07, 6.45) is 7.53. The Kier molecular flexibility index (Phi) is 7.04. The van der Waals surface area contributed by atoms with Crippen LogP contribution in [0.1, 0.15) is 24.0 Å². The molecule has 1 aliphatic rings. The molecule has 1 saturated heterocycles. The van der Waals surface area contributed by atoms with Gasteiger partial charge in [-0.05, 0) is 74.6 Å². The highest BCUT2D eigenvalue weighted by Crippen LogP contribution is 2.19. The summed E-state index contributed by atoms with van der Waals surface area (Å²) in [6.45, 7) is 5.69. The molecule has 0 atom stereocenters. The second-order valence-electron chi connectivity index (χ2n) is 7.44. The van der Waals surface area contributed by atoms with Crippen molar-refractivity contribution in [3.05, 3.63) is 59.9 Å². The van der Waals surface area contributed by atoms with E-state index < -0.39 is 0 Å². The first-order valence-electron chi connectivity index (χ1n) is 9.65. The lowest BCUT2D eigenvalue weighted by Gasteiger charge is -2.33. The summed E-state index contributed by atoms with van der Waals surface area (Å²) >= 11 is 0. The lowest BCUT2D eigenvalue weighted by atomic mass is 9.96. The van der Waals surface area contributed by atoms with Crippen LogP contribution in [-0.2, 0) is 13.0 Å². The molecule has 1 fully saturated rings. The molecule has 0 saturated carbocycles. The number of likely N-dealkylation sites (tertiary alicyclic amines) is 1. The van der Waals surface area contributed by atoms with Crippen LogP contribution in [0.2, 0.25) is 0 Å². The van der Waals surface area contributed by atoms with E-state index in [2.05, 4.69) is 52.2 Å². The molecule has 4 nitrogen and oxygen atoms in total. The Morgan fingerprint density at radius 2 is 1.88 bits per heavy atom. The predicted molar refractivity (Wildman–Crippen MR) is 106 cm³/mol. The molecule has 140 valence electrons. The van der Waals surface area contributed by atoms with Gasteiger partial charge in [-0.15, -0.1) is 0 Å². The molecule has 3 rings (SSSR count). The number of ether oxygens (including phenoxy) is 1. The molecular weight excluding hydrogens is 322 g/mol. The molecular formula is C22H31N3O. The van der Waals surface area contributed by atoms with E-state index in [4.69, 9.17) is 4.74 Å². The van der Waals surface area contributed by atoms with E-state index in [9.17, 15) is 0 Å². The lowest BCUT2D eigenvalue weighted by Crippen LogP contribution is -2.37. The third-order valence-corrected chi connectivity index (χ3v) is 5.36. The van der Waals surface area contributed by atoms with Gasteiger partial charge in [-0.1, -0.05) is 18.2 Å². The van der Waals surface area contributed by atoms with Gasteiger partial charge in [-0.3, -0.25) is 9.88 Å². The number of methoxy groups -OCH3 is 1. The van der Waals surface area contributed by atoms with E-state index in [1.807, 2.05) is 18.5 Å². The SMILES string of the molecule is COc1ccc(CCN(Cc2cccnc2)CC2CCN(C)CC2)cc1. The van der Waals surface area contributed by atoms with E-state index >= 15 is 0 Å². The fourth-order valence-electron chi connectivity index (χ4n) is 3.67. The molecule has 2 heterocycles. The zero-order chi connectivity index (χ0) is 18.2. The lowest BCUT2D eigenvalue weighted by molar-refractivity contribution is 0.157. The van der Waals surface area contributed by atoms with Crippen molar-refractivity contribution in [3.8, 4) is 5.75 Å². The zero-order valence-corrected chi connectivity index (χ0v) is 16.1. The van der Waals surface area contributed by atoms with Crippen LogP contribution < -0.4 is 4.74 Å². The molecule has 0 radical (unpaired) electrons. The standard InChI is InChI=1S/C22H31N3O/c1-24-13-9-20(10-14-24)17-25(18-21-4-3-12-23-16-21)15-11-19-5-7-22(26-2)8-6-19/h3-8,12,16,20H,9-11,13-15,17-18H2,1-2H3. The molecule has 0 aliphatic carbocycles. The van der Waals surface area contributed by atoms with E-state index in [1.165, 1.54) is 43.6 Å². The van der Waals surface area contributed by atoms with Crippen LogP contribution in [0.25, 0.3) is 0 Å².